The summed E-state index contributed by atoms with van der Waals surface area (Å²) in [6.45, 7) is 4.59. The zero-order valence-electron chi connectivity index (χ0n) is 8.46. The van der Waals surface area contributed by atoms with E-state index in [1.54, 1.807) is 0 Å². The van der Waals surface area contributed by atoms with Crippen LogP contribution in [-0.2, 0) is 0 Å². The maximum Gasteiger partial charge on any atom is 0.0436 e. The van der Waals surface area contributed by atoms with Gasteiger partial charge in [-0.05, 0) is 36.8 Å². The zero-order valence-corrected chi connectivity index (χ0v) is 8.46. The Bertz CT molecular complexity index is 255. The summed E-state index contributed by atoms with van der Waals surface area (Å²) in [6.07, 6.45) is 1.98. The Kier molecular flexibility index (Phi) is 3.97. The maximum absolute atomic E-state index is 8.92. The highest BCUT2D eigenvalue weighted by Crippen LogP contribution is 2.25. The van der Waals surface area contributed by atoms with Crippen molar-refractivity contribution in [3.05, 3.63) is 35.4 Å². The molecule has 0 saturated carbocycles. The number of hydrogen-bond donors (Lipinski definition) is 1. The molecule has 0 aromatic heterocycles. The summed E-state index contributed by atoms with van der Waals surface area (Å²) in [5, 5.41) is 8.92. The van der Waals surface area contributed by atoms with Gasteiger partial charge in [-0.1, -0.05) is 31.2 Å². The van der Waals surface area contributed by atoms with Gasteiger partial charge in [-0.2, -0.15) is 0 Å². The highest BCUT2D eigenvalue weighted by molar-refractivity contribution is 5.28. The van der Waals surface area contributed by atoms with Crippen LogP contribution in [0.15, 0.2) is 24.3 Å². The molecule has 1 N–H and O–H groups in total. The van der Waals surface area contributed by atoms with Crippen LogP contribution in [0.4, 0.5) is 0 Å². The minimum Gasteiger partial charge on any atom is -0.396 e. The van der Waals surface area contributed by atoms with Gasteiger partial charge in [-0.25, -0.2) is 0 Å². The van der Waals surface area contributed by atoms with Crippen LogP contribution in [0, 0.1) is 6.92 Å². The topological polar surface area (TPSA) is 20.2 Å². The van der Waals surface area contributed by atoms with Crippen molar-refractivity contribution >= 4 is 0 Å². The summed E-state index contributed by atoms with van der Waals surface area (Å²) >= 11 is 0. The van der Waals surface area contributed by atoms with Gasteiger partial charge in [0.2, 0.25) is 0 Å². The van der Waals surface area contributed by atoms with Gasteiger partial charge in [0.1, 0.15) is 0 Å². The summed E-state index contributed by atoms with van der Waals surface area (Å²) in [4.78, 5) is 0. The molecule has 0 fully saturated rings. The van der Waals surface area contributed by atoms with E-state index in [0.29, 0.717) is 5.92 Å². The Morgan fingerprint density at radius 3 is 2.54 bits per heavy atom. The van der Waals surface area contributed by atoms with Gasteiger partial charge in [0.15, 0.2) is 0 Å². The quantitative estimate of drug-likeness (QED) is 0.751. The number of hydrogen-bond acceptors (Lipinski definition) is 1. The molecule has 0 aliphatic heterocycles. The Morgan fingerprint density at radius 1 is 1.31 bits per heavy atom. The van der Waals surface area contributed by atoms with E-state index in [2.05, 4.69) is 38.1 Å². The zero-order chi connectivity index (χ0) is 9.68. The molecule has 0 bridgehead atoms. The molecule has 0 aliphatic carbocycles. The second kappa shape index (κ2) is 5.03. The standard InChI is InChI=1S/C12H18O/c1-3-11(8-9-13)12-7-5-4-6-10(12)2/h4-7,11,13H,3,8-9H2,1-2H3/t11-/m1/s1. The van der Waals surface area contributed by atoms with E-state index in [1.165, 1.54) is 11.1 Å². The second-order valence-corrected chi connectivity index (χ2v) is 3.47. The van der Waals surface area contributed by atoms with Crippen LogP contribution in [0.2, 0.25) is 0 Å². The molecule has 0 aliphatic rings. The second-order valence-electron chi connectivity index (χ2n) is 3.47. The Hall–Kier alpha value is -0.820. The fourth-order valence-electron chi connectivity index (χ4n) is 1.78. The molecule has 13 heavy (non-hydrogen) atoms. The molecular formula is C12H18O. The van der Waals surface area contributed by atoms with Crippen molar-refractivity contribution in [2.75, 3.05) is 6.61 Å². The molecule has 1 aromatic carbocycles. The molecule has 0 radical (unpaired) electrons. The van der Waals surface area contributed by atoms with E-state index < -0.39 is 0 Å². The van der Waals surface area contributed by atoms with Crippen LogP contribution < -0.4 is 0 Å². The highest BCUT2D eigenvalue weighted by Gasteiger charge is 2.09. The fourth-order valence-corrected chi connectivity index (χ4v) is 1.78. The summed E-state index contributed by atoms with van der Waals surface area (Å²) in [5.74, 6) is 0.520. The van der Waals surface area contributed by atoms with E-state index in [0.717, 1.165) is 12.8 Å². The van der Waals surface area contributed by atoms with Gasteiger partial charge in [-0.15, -0.1) is 0 Å². The normalized spacial score (nSPS) is 12.8. The monoisotopic (exact) mass is 178 g/mol. The van der Waals surface area contributed by atoms with Crippen LogP contribution in [0.3, 0.4) is 0 Å². The lowest BCUT2D eigenvalue weighted by molar-refractivity contribution is 0.274. The first-order valence-electron chi connectivity index (χ1n) is 4.96. The smallest absolute Gasteiger partial charge is 0.0436 e. The van der Waals surface area contributed by atoms with Crippen molar-refractivity contribution in [2.24, 2.45) is 0 Å². The van der Waals surface area contributed by atoms with E-state index in [-0.39, 0.29) is 6.61 Å². The number of aryl methyl sites for hydroxylation is 1. The van der Waals surface area contributed by atoms with Gasteiger partial charge in [0.05, 0.1) is 0 Å². The Morgan fingerprint density at radius 2 is 2.00 bits per heavy atom. The molecule has 0 saturated heterocycles. The van der Waals surface area contributed by atoms with Crippen LogP contribution in [0.1, 0.15) is 36.8 Å². The third kappa shape index (κ3) is 2.56. The number of aliphatic hydroxyl groups excluding tert-OH is 1. The summed E-state index contributed by atoms with van der Waals surface area (Å²) < 4.78 is 0. The minimum absolute atomic E-state index is 0.285. The van der Waals surface area contributed by atoms with E-state index in [9.17, 15) is 0 Å². The first-order chi connectivity index (χ1) is 6.29. The van der Waals surface area contributed by atoms with Gasteiger partial charge < -0.3 is 5.11 Å². The van der Waals surface area contributed by atoms with E-state index in [4.69, 9.17) is 5.11 Å². The van der Waals surface area contributed by atoms with Crippen molar-refractivity contribution in [1.29, 1.82) is 0 Å². The maximum atomic E-state index is 8.92. The fraction of sp³-hybridized carbons (Fsp3) is 0.500. The predicted octanol–water partition coefficient (Wildman–Crippen LogP) is 2.87. The lowest BCUT2D eigenvalue weighted by Gasteiger charge is -2.16. The van der Waals surface area contributed by atoms with Gasteiger partial charge in [-0.3, -0.25) is 0 Å². The van der Waals surface area contributed by atoms with Gasteiger partial charge in [0.25, 0.3) is 0 Å². The molecule has 0 spiro atoms. The molecule has 0 amide bonds. The Balaban J connectivity index is 2.84. The van der Waals surface area contributed by atoms with Gasteiger partial charge >= 0.3 is 0 Å². The van der Waals surface area contributed by atoms with E-state index >= 15 is 0 Å². The largest absolute Gasteiger partial charge is 0.396 e. The van der Waals surface area contributed by atoms with Crippen LogP contribution >= 0.6 is 0 Å². The predicted molar refractivity (Wildman–Crippen MR) is 55.9 cm³/mol. The van der Waals surface area contributed by atoms with E-state index in [1.807, 2.05) is 0 Å². The highest BCUT2D eigenvalue weighted by atomic mass is 16.3. The number of benzene rings is 1. The van der Waals surface area contributed by atoms with Crippen molar-refractivity contribution in [2.45, 2.75) is 32.6 Å². The van der Waals surface area contributed by atoms with Crippen LogP contribution in [0.5, 0.6) is 0 Å². The molecule has 0 unspecified atom stereocenters. The van der Waals surface area contributed by atoms with Crippen LogP contribution in [0.25, 0.3) is 0 Å². The molecule has 1 atom stereocenters. The summed E-state index contributed by atoms with van der Waals surface area (Å²) in [5.41, 5.74) is 2.72. The molecule has 1 heteroatoms. The number of rotatable bonds is 4. The van der Waals surface area contributed by atoms with Crippen molar-refractivity contribution in [3.63, 3.8) is 0 Å². The first-order valence-corrected chi connectivity index (χ1v) is 4.96. The lowest BCUT2D eigenvalue weighted by atomic mass is 9.90. The van der Waals surface area contributed by atoms with Crippen molar-refractivity contribution < 1.29 is 5.11 Å². The lowest BCUT2D eigenvalue weighted by Crippen LogP contribution is -2.02. The molecule has 1 nitrogen and oxygen atoms in total. The Labute approximate surface area is 80.4 Å². The average Bonchev–Trinajstić information content (AvgIpc) is 2.16. The van der Waals surface area contributed by atoms with Crippen molar-refractivity contribution in [1.82, 2.24) is 0 Å². The molecule has 0 heterocycles. The molecule has 72 valence electrons. The minimum atomic E-state index is 0.285. The summed E-state index contributed by atoms with van der Waals surface area (Å²) in [6, 6.07) is 8.43. The van der Waals surface area contributed by atoms with Crippen molar-refractivity contribution in [3.8, 4) is 0 Å². The molecular weight excluding hydrogens is 160 g/mol. The molecule has 1 aromatic rings. The third-order valence-corrected chi connectivity index (χ3v) is 2.60. The number of aliphatic hydroxyl groups is 1. The SMILES string of the molecule is CC[C@H](CCO)c1ccccc1C. The first kappa shape index (κ1) is 10.3. The summed E-state index contributed by atoms with van der Waals surface area (Å²) in [7, 11) is 0. The van der Waals surface area contributed by atoms with Gasteiger partial charge in [0, 0.05) is 6.61 Å². The molecule has 1 rings (SSSR count). The third-order valence-electron chi connectivity index (χ3n) is 2.60. The van der Waals surface area contributed by atoms with Crippen LogP contribution in [-0.4, -0.2) is 11.7 Å². The average molecular weight is 178 g/mol.